The molecule has 37 heavy (non-hydrogen) atoms. The van der Waals surface area contributed by atoms with Crippen LogP contribution in [0.1, 0.15) is 66.7 Å². The van der Waals surface area contributed by atoms with Crippen molar-refractivity contribution < 1.29 is 23.0 Å². The summed E-state index contributed by atoms with van der Waals surface area (Å²) in [7, 11) is 0. The second-order valence-corrected chi connectivity index (χ2v) is 9.64. The number of likely N-dealkylation sites (tertiary alicyclic amines) is 1. The summed E-state index contributed by atoms with van der Waals surface area (Å²) in [5.74, 6) is -1.12. The number of rotatable bonds is 6. The van der Waals surface area contributed by atoms with E-state index >= 15 is 0 Å². The summed E-state index contributed by atoms with van der Waals surface area (Å²) in [5, 5.41) is 0. The summed E-state index contributed by atoms with van der Waals surface area (Å²) < 4.78 is 38.7. The van der Waals surface area contributed by atoms with Crippen LogP contribution < -0.4 is 4.74 Å². The summed E-state index contributed by atoms with van der Waals surface area (Å²) in [6, 6.07) is 3.47. The Morgan fingerprint density at radius 2 is 1.89 bits per heavy atom. The van der Waals surface area contributed by atoms with E-state index in [0.717, 1.165) is 74.8 Å². The van der Waals surface area contributed by atoms with E-state index in [9.17, 15) is 13.6 Å². The largest absolute Gasteiger partial charge is 0.501 e. The summed E-state index contributed by atoms with van der Waals surface area (Å²) in [6.45, 7) is 13.4. The van der Waals surface area contributed by atoms with Crippen molar-refractivity contribution in [3.05, 3.63) is 52.9 Å². The van der Waals surface area contributed by atoms with Crippen molar-refractivity contribution in [1.29, 1.82) is 0 Å². The molecule has 3 aliphatic heterocycles. The quantitative estimate of drug-likeness (QED) is 0.442. The van der Waals surface area contributed by atoms with Crippen LogP contribution >= 0.6 is 0 Å². The molecule has 0 N–H and O–H groups in total. The molecule has 0 aliphatic carbocycles. The van der Waals surface area contributed by atoms with Crippen molar-refractivity contribution in [2.24, 2.45) is 4.99 Å². The molecule has 0 aromatic heterocycles. The fourth-order valence-electron chi connectivity index (χ4n) is 4.88. The number of ether oxygens (including phenoxy) is 2. The third-order valence-electron chi connectivity index (χ3n) is 7.16. The number of aliphatic imine (C=N–C) groups is 1. The van der Waals surface area contributed by atoms with Crippen LogP contribution in [-0.4, -0.2) is 66.4 Å². The van der Waals surface area contributed by atoms with Crippen molar-refractivity contribution in [3.63, 3.8) is 0 Å². The molecule has 1 saturated heterocycles. The zero-order valence-corrected chi connectivity index (χ0v) is 22.9. The normalized spacial score (nSPS) is 20.5. The molecule has 3 heterocycles. The third-order valence-corrected chi connectivity index (χ3v) is 7.16. The molecule has 1 atom stereocenters. The first-order valence-electron chi connectivity index (χ1n) is 13.5. The lowest BCUT2D eigenvalue weighted by atomic mass is 9.96. The fourth-order valence-corrected chi connectivity index (χ4v) is 4.88. The monoisotopic (exact) mass is 517 g/mol. The Balaban J connectivity index is 0.00000186. The molecule has 1 unspecified atom stereocenters. The van der Waals surface area contributed by atoms with Gasteiger partial charge in [-0.25, -0.2) is 8.78 Å². The van der Waals surface area contributed by atoms with Crippen LogP contribution in [0.25, 0.3) is 0 Å². The van der Waals surface area contributed by atoms with Gasteiger partial charge in [-0.3, -0.25) is 14.7 Å². The lowest BCUT2D eigenvalue weighted by Gasteiger charge is -2.37. The van der Waals surface area contributed by atoms with Gasteiger partial charge in [0.15, 0.2) is 11.6 Å². The average molecular weight is 518 g/mol. The molecular weight excluding hydrogens is 476 g/mol. The lowest BCUT2D eigenvalue weighted by Crippen LogP contribution is -2.47. The molecule has 1 fully saturated rings. The smallest absolute Gasteiger partial charge is 0.219 e. The zero-order valence-electron chi connectivity index (χ0n) is 22.9. The highest BCUT2D eigenvalue weighted by Gasteiger charge is 2.30. The van der Waals surface area contributed by atoms with E-state index in [1.54, 1.807) is 6.92 Å². The number of carbonyl (C=O) groups excluding carboxylic acids is 1. The minimum Gasteiger partial charge on any atom is -0.501 e. The van der Waals surface area contributed by atoms with Gasteiger partial charge in [-0.05, 0) is 63.7 Å². The molecule has 0 saturated carbocycles. The molecule has 1 aromatic rings. The van der Waals surface area contributed by atoms with Gasteiger partial charge in [-0.15, -0.1) is 0 Å². The minimum atomic E-state index is -0.671. The molecule has 4 rings (SSSR count). The van der Waals surface area contributed by atoms with Crippen molar-refractivity contribution in [2.45, 2.75) is 78.9 Å². The van der Waals surface area contributed by atoms with Gasteiger partial charge >= 0.3 is 0 Å². The van der Waals surface area contributed by atoms with Crippen LogP contribution in [0.3, 0.4) is 0 Å². The van der Waals surface area contributed by atoms with Crippen LogP contribution in [0, 0.1) is 11.6 Å². The first kappa shape index (κ1) is 28.8. The maximum atomic E-state index is 14.0. The van der Waals surface area contributed by atoms with Gasteiger partial charge in [0.05, 0.1) is 30.8 Å². The molecule has 1 aromatic carbocycles. The maximum absolute atomic E-state index is 14.0. The number of hydrogen-bond acceptors (Lipinski definition) is 5. The van der Waals surface area contributed by atoms with Gasteiger partial charge < -0.3 is 14.4 Å². The fraction of sp³-hybridized carbons (Fsp3) is 0.586. The number of piperidine rings is 1. The molecular formula is C29H41F2N3O3. The lowest BCUT2D eigenvalue weighted by molar-refractivity contribution is -0.128. The van der Waals surface area contributed by atoms with Crippen molar-refractivity contribution in [2.75, 3.05) is 32.8 Å². The molecule has 6 nitrogen and oxygen atoms in total. The second-order valence-electron chi connectivity index (χ2n) is 9.64. The van der Waals surface area contributed by atoms with Crippen LogP contribution in [0.4, 0.5) is 8.78 Å². The first-order chi connectivity index (χ1) is 17.8. The highest BCUT2D eigenvalue weighted by molar-refractivity contribution is 6.04. The van der Waals surface area contributed by atoms with Crippen LogP contribution in [0.5, 0.6) is 5.75 Å². The Hall–Kier alpha value is -2.74. The number of hydrogen-bond donors (Lipinski definition) is 0. The molecule has 3 aliphatic rings. The standard InChI is InChI=1S/C27H35F2N3O3.C2H6/c1-18-8-11-32(20(3)33)16-25(18)30-27(21-5-4-14-34-17-21)19(2)31-12-9-23(10-13-31)35-26-7-6-22(28)15-24(26)29;1-2/h6-7,15,17,19,23H,4-5,8-14,16H2,1-3H3;1-2H3. The molecule has 8 heteroatoms. The Labute approximate surface area is 220 Å². The van der Waals surface area contributed by atoms with E-state index in [4.69, 9.17) is 14.5 Å². The molecule has 0 spiro atoms. The van der Waals surface area contributed by atoms with E-state index in [0.29, 0.717) is 13.2 Å². The van der Waals surface area contributed by atoms with E-state index in [1.807, 2.05) is 25.0 Å². The molecule has 0 bridgehead atoms. The minimum absolute atomic E-state index is 0.0551. The summed E-state index contributed by atoms with van der Waals surface area (Å²) in [6.07, 6.45) is 5.90. The van der Waals surface area contributed by atoms with Gasteiger partial charge in [0.2, 0.25) is 5.91 Å². The highest BCUT2D eigenvalue weighted by Crippen LogP contribution is 2.27. The van der Waals surface area contributed by atoms with E-state index in [1.165, 1.54) is 17.7 Å². The predicted molar refractivity (Wildman–Crippen MR) is 143 cm³/mol. The zero-order chi connectivity index (χ0) is 26.9. The Bertz CT molecular complexity index is 1030. The van der Waals surface area contributed by atoms with E-state index < -0.39 is 11.6 Å². The van der Waals surface area contributed by atoms with Crippen molar-refractivity contribution >= 4 is 11.6 Å². The topological polar surface area (TPSA) is 54.4 Å². The number of amides is 1. The number of halogens is 2. The molecule has 1 amide bonds. The number of nitrogens with zero attached hydrogens (tertiary/aromatic N) is 3. The summed E-state index contributed by atoms with van der Waals surface area (Å²) >= 11 is 0. The van der Waals surface area contributed by atoms with Crippen LogP contribution in [-0.2, 0) is 9.53 Å². The first-order valence-corrected chi connectivity index (χ1v) is 13.5. The number of carbonyl (C=O) groups is 1. The predicted octanol–water partition coefficient (Wildman–Crippen LogP) is 5.88. The summed E-state index contributed by atoms with van der Waals surface area (Å²) in [4.78, 5) is 21.3. The Morgan fingerprint density at radius 1 is 1.16 bits per heavy atom. The van der Waals surface area contributed by atoms with Crippen molar-refractivity contribution in [1.82, 2.24) is 9.80 Å². The van der Waals surface area contributed by atoms with Gasteiger partial charge in [0, 0.05) is 44.2 Å². The van der Waals surface area contributed by atoms with Gasteiger partial charge in [0.25, 0.3) is 0 Å². The molecule has 0 radical (unpaired) electrons. The van der Waals surface area contributed by atoms with Crippen molar-refractivity contribution in [3.8, 4) is 5.75 Å². The van der Waals surface area contributed by atoms with Crippen LogP contribution in [0.2, 0.25) is 0 Å². The Kier molecular flexibility index (Phi) is 10.7. The van der Waals surface area contributed by atoms with Gasteiger partial charge in [0.1, 0.15) is 11.9 Å². The van der Waals surface area contributed by atoms with E-state index in [-0.39, 0.29) is 23.8 Å². The second kappa shape index (κ2) is 13.7. The van der Waals surface area contributed by atoms with Crippen LogP contribution in [0.15, 0.2) is 46.3 Å². The third kappa shape index (κ3) is 7.63. The van der Waals surface area contributed by atoms with Gasteiger partial charge in [-0.1, -0.05) is 13.8 Å². The maximum Gasteiger partial charge on any atom is 0.219 e. The number of benzene rings is 1. The highest BCUT2D eigenvalue weighted by atomic mass is 19.1. The SMILES string of the molecule is CC.CC(=O)N1CCC(C)=C(N=C(C2=COCCC2)C(C)N2CCC(Oc3ccc(F)cc3F)CC2)C1. The average Bonchev–Trinajstić information content (AvgIpc) is 2.91. The van der Waals surface area contributed by atoms with Gasteiger partial charge in [-0.2, -0.15) is 0 Å². The molecule has 204 valence electrons. The van der Waals surface area contributed by atoms with E-state index in [2.05, 4.69) is 18.7 Å². The Morgan fingerprint density at radius 3 is 2.51 bits per heavy atom. The summed E-state index contributed by atoms with van der Waals surface area (Å²) in [5.41, 5.74) is 4.28.